The lowest BCUT2D eigenvalue weighted by Crippen LogP contribution is -2.06. The number of carbonyl (C=O) groups excluding carboxylic acids is 1. The number of pyridine rings is 1. The summed E-state index contributed by atoms with van der Waals surface area (Å²) in [7, 11) is 0. The number of nitrogens with zero attached hydrogens (tertiary/aromatic N) is 1. The van der Waals surface area contributed by atoms with Gasteiger partial charge in [-0.1, -0.05) is 29.8 Å². The first kappa shape index (κ1) is 13.6. The Balaban J connectivity index is 2.10. The Morgan fingerprint density at radius 1 is 1.26 bits per heavy atom. The molecule has 19 heavy (non-hydrogen) atoms. The molecule has 0 aliphatic carbocycles. The molecule has 1 aromatic heterocycles. The molecule has 0 radical (unpaired) electrons. The highest BCUT2D eigenvalue weighted by atomic mass is 35.5. The molecule has 0 aliphatic rings. The lowest BCUT2D eigenvalue weighted by Gasteiger charge is -2.05. The van der Waals surface area contributed by atoms with E-state index in [1.54, 1.807) is 24.4 Å². The van der Waals surface area contributed by atoms with E-state index < -0.39 is 0 Å². The molecule has 0 spiro atoms. The van der Waals surface area contributed by atoms with Crippen molar-refractivity contribution in [1.29, 1.82) is 0 Å². The first-order valence-electron chi connectivity index (χ1n) is 6.06. The average molecular weight is 276 g/mol. The molecule has 1 heterocycles. The molecule has 0 N–H and O–H groups in total. The normalized spacial score (nSPS) is 10.2. The molecule has 0 atom stereocenters. The van der Waals surface area contributed by atoms with Crippen molar-refractivity contribution >= 4 is 17.4 Å². The van der Waals surface area contributed by atoms with Crippen LogP contribution in [0.25, 0.3) is 0 Å². The van der Waals surface area contributed by atoms with Gasteiger partial charge in [-0.3, -0.25) is 4.79 Å². The van der Waals surface area contributed by atoms with Crippen LogP contribution < -0.4 is 4.74 Å². The quantitative estimate of drug-likeness (QED) is 0.783. The number of benzene rings is 1. The van der Waals surface area contributed by atoms with Crippen LogP contribution in [0.1, 0.15) is 23.0 Å². The van der Waals surface area contributed by atoms with Crippen LogP contribution in [0.5, 0.6) is 5.75 Å². The number of rotatable bonds is 5. The molecule has 0 aliphatic heterocycles. The molecule has 0 unspecified atom stereocenters. The summed E-state index contributed by atoms with van der Waals surface area (Å²) in [5.41, 5.74) is 1.23. The summed E-state index contributed by atoms with van der Waals surface area (Å²) in [6.07, 6.45) is 1.81. The lowest BCUT2D eigenvalue weighted by atomic mass is 10.1. The van der Waals surface area contributed by atoms with E-state index in [0.717, 1.165) is 5.56 Å². The summed E-state index contributed by atoms with van der Waals surface area (Å²) in [6, 6.07) is 10.7. The number of carbonyl (C=O) groups is 1. The molecule has 2 aromatic rings. The van der Waals surface area contributed by atoms with Crippen LogP contribution in [0, 0.1) is 0 Å². The molecule has 0 saturated carbocycles. The van der Waals surface area contributed by atoms with Crippen molar-refractivity contribution < 1.29 is 9.53 Å². The number of Topliss-reactive ketones (excluding diaryl/α,β-unsaturated/α-hetero) is 1. The van der Waals surface area contributed by atoms with Gasteiger partial charge in [0.25, 0.3) is 0 Å². The van der Waals surface area contributed by atoms with Crippen molar-refractivity contribution in [3.63, 3.8) is 0 Å². The highest BCUT2D eigenvalue weighted by molar-refractivity contribution is 6.31. The monoisotopic (exact) mass is 275 g/mol. The van der Waals surface area contributed by atoms with E-state index in [1.165, 1.54) is 0 Å². The van der Waals surface area contributed by atoms with E-state index in [4.69, 9.17) is 16.3 Å². The molecule has 1 aromatic carbocycles. The molecule has 0 saturated heterocycles. The third kappa shape index (κ3) is 3.55. The second-order valence-electron chi connectivity index (χ2n) is 4.00. The summed E-state index contributed by atoms with van der Waals surface area (Å²) in [5.74, 6) is 0.605. The van der Waals surface area contributed by atoms with Crippen molar-refractivity contribution in [3.8, 4) is 5.75 Å². The van der Waals surface area contributed by atoms with Gasteiger partial charge in [0.05, 0.1) is 12.8 Å². The zero-order chi connectivity index (χ0) is 13.7. The Labute approximate surface area is 117 Å². The molecular weight excluding hydrogens is 262 g/mol. The maximum Gasteiger partial charge on any atom is 0.185 e. The maximum atomic E-state index is 12.1. The minimum atomic E-state index is -0.0591. The molecule has 2 rings (SSSR count). The second kappa shape index (κ2) is 6.34. The minimum Gasteiger partial charge on any atom is -0.492 e. The smallest absolute Gasteiger partial charge is 0.185 e. The van der Waals surface area contributed by atoms with Gasteiger partial charge >= 0.3 is 0 Å². The van der Waals surface area contributed by atoms with Crippen molar-refractivity contribution in [2.24, 2.45) is 0 Å². The maximum absolute atomic E-state index is 12.1. The van der Waals surface area contributed by atoms with E-state index in [-0.39, 0.29) is 12.2 Å². The minimum absolute atomic E-state index is 0.0591. The SMILES string of the molecule is CCOc1ccc(C(=O)Cc2ccccc2Cl)nc1. The topological polar surface area (TPSA) is 39.2 Å². The number of hydrogen-bond acceptors (Lipinski definition) is 3. The van der Waals surface area contributed by atoms with Gasteiger partial charge in [-0.05, 0) is 30.7 Å². The largest absolute Gasteiger partial charge is 0.492 e. The Hall–Kier alpha value is -1.87. The first-order chi connectivity index (χ1) is 9.20. The first-order valence-corrected chi connectivity index (χ1v) is 6.44. The number of aromatic nitrogens is 1. The number of ether oxygens (including phenoxy) is 1. The molecule has 0 amide bonds. The van der Waals surface area contributed by atoms with E-state index in [0.29, 0.717) is 23.1 Å². The Morgan fingerprint density at radius 2 is 2.05 bits per heavy atom. The van der Waals surface area contributed by atoms with Crippen LogP contribution in [-0.4, -0.2) is 17.4 Å². The Bertz CT molecular complexity index is 567. The fraction of sp³-hybridized carbons (Fsp3) is 0.200. The number of halogens is 1. The zero-order valence-corrected chi connectivity index (χ0v) is 11.4. The fourth-order valence-electron chi connectivity index (χ4n) is 1.70. The van der Waals surface area contributed by atoms with Gasteiger partial charge in [-0.2, -0.15) is 0 Å². The van der Waals surface area contributed by atoms with Crippen molar-refractivity contribution in [2.45, 2.75) is 13.3 Å². The van der Waals surface area contributed by atoms with Crippen LogP contribution in [0.4, 0.5) is 0 Å². The van der Waals surface area contributed by atoms with Crippen LogP contribution in [-0.2, 0) is 6.42 Å². The lowest BCUT2D eigenvalue weighted by molar-refractivity contribution is 0.0988. The van der Waals surface area contributed by atoms with Gasteiger partial charge in [-0.25, -0.2) is 4.98 Å². The summed E-state index contributed by atoms with van der Waals surface area (Å²) >= 11 is 6.03. The predicted molar refractivity (Wildman–Crippen MR) is 74.9 cm³/mol. The van der Waals surface area contributed by atoms with Crippen LogP contribution in [0.15, 0.2) is 42.6 Å². The summed E-state index contributed by atoms with van der Waals surface area (Å²) < 4.78 is 5.28. The van der Waals surface area contributed by atoms with E-state index in [9.17, 15) is 4.79 Å². The molecule has 0 bridgehead atoms. The highest BCUT2D eigenvalue weighted by Crippen LogP contribution is 2.17. The van der Waals surface area contributed by atoms with E-state index >= 15 is 0 Å². The third-order valence-electron chi connectivity index (χ3n) is 2.64. The van der Waals surface area contributed by atoms with E-state index in [2.05, 4.69) is 4.98 Å². The van der Waals surface area contributed by atoms with Crippen molar-refractivity contribution in [2.75, 3.05) is 6.61 Å². The number of ketones is 1. The Morgan fingerprint density at radius 3 is 2.68 bits per heavy atom. The molecular formula is C15H14ClNO2. The molecule has 4 heteroatoms. The van der Waals surface area contributed by atoms with Gasteiger partial charge in [-0.15, -0.1) is 0 Å². The Kier molecular flexibility index (Phi) is 4.53. The van der Waals surface area contributed by atoms with Gasteiger partial charge in [0.15, 0.2) is 5.78 Å². The predicted octanol–water partition coefficient (Wildman–Crippen LogP) is 3.56. The van der Waals surface area contributed by atoms with Crippen LogP contribution in [0.3, 0.4) is 0 Å². The second-order valence-corrected chi connectivity index (χ2v) is 4.41. The number of hydrogen-bond donors (Lipinski definition) is 0. The van der Waals surface area contributed by atoms with Crippen molar-refractivity contribution in [3.05, 3.63) is 58.9 Å². The van der Waals surface area contributed by atoms with E-state index in [1.807, 2.05) is 25.1 Å². The van der Waals surface area contributed by atoms with Crippen LogP contribution in [0.2, 0.25) is 5.02 Å². The highest BCUT2D eigenvalue weighted by Gasteiger charge is 2.10. The van der Waals surface area contributed by atoms with Gasteiger partial charge in [0.1, 0.15) is 11.4 Å². The fourth-order valence-corrected chi connectivity index (χ4v) is 1.91. The molecule has 0 fully saturated rings. The standard InChI is InChI=1S/C15H14ClNO2/c1-2-19-12-7-8-14(17-10-12)15(18)9-11-5-3-4-6-13(11)16/h3-8,10H,2,9H2,1H3. The van der Waals surface area contributed by atoms with Crippen LogP contribution >= 0.6 is 11.6 Å². The van der Waals surface area contributed by atoms with Crippen molar-refractivity contribution in [1.82, 2.24) is 4.98 Å². The van der Waals surface area contributed by atoms with Gasteiger partial charge < -0.3 is 4.74 Å². The summed E-state index contributed by atoms with van der Waals surface area (Å²) in [4.78, 5) is 16.2. The summed E-state index contributed by atoms with van der Waals surface area (Å²) in [6.45, 7) is 2.48. The summed E-state index contributed by atoms with van der Waals surface area (Å²) in [5, 5.41) is 0.599. The third-order valence-corrected chi connectivity index (χ3v) is 3.01. The zero-order valence-electron chi connectivity index (χ0n) is 10.6. The average Bonchev–Trinajstić information content (AvgIpc) is 2.42. The van der Waals surface area contributed by atoms with Gasteiger partial charge in [0.2, 0.25) is 0 Å². The van der Waals surface area contributed by atoms with Gasteiger partial charge in [0, 0.05) is 11.4 Å². The molecule has 3 nitrogen and oxygen atoms in total. The molecule has 98 valence electrons.